The molecule has 2 rings (SSSR count). The number of benzene rings is 1. The molecule has 2 aromatic rings. The van der Waals surface area contributed by atoms with Crippen LogP contribution in [-0.2, 0) is 18.6 Å². The fourth-order valence-corrected chi connectivity index (χ4v) is 2.56. The molecule has 0 aliphatic heterocycles. The number of hydrogen-bond donors (Lipinski definition) is 1. The molecule has 0 saturated carbocycles. The van der Waals surface area contributed by atoms with Crippen molar-refractivity contribution in [3.8, 4) is 5.75 Å². The average Bonchev–Trinajstić information content (AvgIpc) is 2.89. The van der Waals surface area contributed by atoms with Gasteiger partial charge in [0.05, 0.1) is 5.75 Å². The maximum Gasteiger partial charge on any atom is 0.284 e. The monoisotopic (exact) mass is 310 g/mol. The maximum atomic E-state index is 5.81. The maximum absolute atomic E-state index is 5.81. The molecule has 1 heterocycles. The SMILES string of the molecule is CCc1ccc(OCSCc2n[nH]c(=S)o2)c(CC)c1. The van der Waals surface area contributed by atoms with Crippen molar-refractivity contribution < 1.29 is 9.15 Å². The summed E-state index contributed by atoms with van der Waals surface area (Å²) < 4.78 is 11.0. The van der Waals surface area contributed by atoms with Gasteiger partial charge < -0.3 is 9.15 Å². The number of nitrogens with one attached hydrogen (secondary N) is 1. The lowest BCUT2D eigenvalue weighted by molar-refractivity contribution is 0.388. The summed E-state index contributed by atoms with van der Waals surface area (Å²) in [5, 5.41) is 6.55. The Balaban J connectivity index is 1.86. The van der Waals surface area contributed by atoms with Crippen LogP contribution < -0.4 is 4.74 Å². The van der Waals surface area contributed by atoms with Gasteiger partial charge in [0.25, 0.3) is 4.84 Å². The van der Waals surface area contributed by atoms with E-state index in [9.17, 15) is 0 Å². The third-order valence-electron chi connectivity index (χ3n) is 2.92. The molecule has 0 unspecified atom stereocenters. The van der Waals surface area contributed by atoms with Gasteiger partial charge in [0.2, 0.25) is 5.89 Å². The number of aromatic amines is 1. The molecule has 1 N–H and O–H groups in total. The first-order chi connectivity index (χ1) is 9.72. The molecular formula is C14H18N2O2S2. The van der Waals surface area contributed by atoms with E-state index >= 15 is 0 Å². The first-order valence-corrected chi connectivity index (χ1v) is 8.16. The first kappa shape index (κ1) is 15.1. The molecule has 20 heavy (non-hydrogen) atoms. The van der Waals surface area contributed by atoms with E-state index in [4.69, 9.17) is 21.4 Å². The summed E-state index contributed by atoms with van der Waals surface area (Å²) in [5.41, 5.74) is 2.59. The van der Waals surface area contributed by atoms with Crippen LogP contribution in [0.2, 0.25) is 0 Å². The van der Waals surface area contributed by atoms with Gasteiger partial charge in [-0.05, 0) is 42.3 Å². The van der Waals surface area contributed by atoms with Crippen molar-refractivity contribution in [3.63, 3.8) is 0 Å². The zero-order valence-electron chi connectivity index (χ0n) is 11.6. The van der Waals surface area contributed by atoms with Crippen molar-refractivity contribution >= 4 is 24.0 Å². The standard InChI is InChI=1S/C14H18N2O2S2/c1-3-10-5-6-12(11(4-2)7-10)17-9-20-8-13-15-16-14(19)18-13/h5-7H,3-4,8-9H2,1-2H3,(H,16,19). The molecule has 1 aromatic carbocycles. The lowest BCUT2D eigenvalue weighted by atomic mass is 10.1. The molecule has 4 nitrogen and oxygen atoms in total. The molecule has 0 amide bonds. The van der Waals surface area contributed by atoms with Crippen LogP contribution in [-0.4, -0.2) is 16.1 Å². The molecule has 0 aliphatic carbocycles. The van der Waals surface area contributed by atoms with Crippen LogP contribution in [0.3, 0.4) is 0 Å². The van der Waals surface area contributed by atoms with Gasteiger partial charge in [-0.25, -0.2) is 5.10 Å². The van der Waals surface area contributed by atoms with Crippen molar-refractivity contribution in [1.29, 1.82) is 0 Å². The van der Waals surface area contributed by atoms with Crippen LogP contribution in [0.5, 0.6) is 5.75 Å². The van der Waals surface area contributed by atoms with Crippen LogP contribution in [0.4, 0.5) is 0 Å². The molecule has 6 heteroatoms. The lowest BCUT2D eigenvalue weighted by Gasteiger charge is -2.11. The van der Waals surface area contributed by atoms with E-state index in [0.717, 1.165) is 18.6 Å². The highest BCUT2D eigenvalue weighted by molar-refractivity contribution is 7.98. The Kier molecular flexibility index (Phi) is 5.67. The highest BCUT2D eigenvalue weighted by Gasteiger charge is 2.04. The van der Waals surface area contributed by atoms with Gasteiger partial charge in [-0.15, -0.1) is 16.9 Å². The fraction of sp³-hybridized carbons (Fsp3) is 0.429. The summed E-state index contributed by atoms with van der Waals surface area (Å²) in [7, 11) is 0. The Hall–Kier alpha value is -1.27. The van der Waals surface area contributed by atoms with Crippen LogP contribution in [0, 0.1) is 4.84 Å². The molecule has 0 bridgehead atoms. The number of aryl methyl sites for hydroxylation is 2. The Morgan fingerprint density at radius 1 is 1.35 bits per heavy atom. The first-order valence-electron chi connectivity index (χ1n) is 6.59. The Morgan fingerprint density at radius 3 is 2.85 bits per heavy atom. The van der Waals surface area contributed by atoms with E-state index in [2.05, 4.69) is 42.2 Å². The largest absolute Gasteiger partial charge is 0.483 e. The summed E-state index contributed by atoms with van der Waals surface area (Å²) in [4.78, 5) is 0.310. The van der Waals surface area contributed by atoms with E-state index in [1.54, 1.807) is 11.8 Å². The van der Waals surface area contributed by atoms with Gasteiger partial charge in [0.1, 0.15) is 11.7 Å². The third-order valence-corrected chi connectivity index (χ3v) is 3.83. The molecule has 0 atom stereocenters. The lowest BCUT2D eigenvalue weighted by Crippen LogP contribution is -1.98. The summed E-state index contributed by atoms with van der Waals surface area (Å²) in [6.45, 7) is 4.30. The van der Waals surface area contributed by atoms with Crippen LogP contribution in [0.15, 0.2) is 22.6 Å². The van der Waals surface area contributed by atoms with Gasteiger partial charge in [-0.3, -0.25) is 0 Å². The van der Waals surface area contributed by atoms with Gasteiger partial charge in [0.15, 0.2) is 0 Å². The molecule has 0 saturated heterocycles. The number of rotatable bonds is 7. The van der Waals surface area contributed by atoms with Crippen molar-refractivity contribution in [2.45, 2.75) is 32.4 Å². The van der Waals surface area contributed by atoms with Crippen molar-refractivity contribution in [1.82, 2.24) is 10.2 Å². The van der Waals surface area contributed by atoms with Crippen LogP contribution in [0.1, 0.15) is 30.9 Å². The second-order valence-electron chi connectivity index (χ2n) is 4.27. The Labute approximate surface area is 127 Å². The molecule has 1 aromatic heterocycles. The van der Waals surface area contributed by atoms with E-state index in [1.807, 2.05) is 0 Å². The molecule has 0 radical (unpaired) electrons. The highest BCUT2D eigenvalue weighted by Crippen LogP contribution is 2.23. The van der Waals surface area contributed by atoms with E-state index in [1.165, 1.54) is 11.1 Å². The minimum atomic E-state index is 0.310. The highest BCUT2D eigenvalue weighted by atomic mass is 32.2. The predicted octanol–water partition coefficient (Wildman–Crippen LogP) is 4.13. The Bertz CT molecular complexity index is 607. The second-order valence-corrected chi connectivity index (χ2v) is 5.57. The van der Waals surface area contributed by atoms with Gasteiger partial charge in [-0.1, -0.05) is 26.0 Å². The zero-order chi connectivity index (χ0) is 14.4. The van der Waals surface area contributed by atoms with Crippen LogP contribution in [0.25, 0.3) is 0 Å². The minimum Gasteiger partial charge on any atom is -0.483 e. The smallest absolute Gasteiger partial charge is 0.284 e. The minimum absolute atomic E-state index is 0.310. The number of nitrogens with zero attached hydrogens (tertiary/aromatic N) is 1. The summed E-state index contributed by atoms with van der Waals surface area (Å²) >= 11 is 6.42. The quantitative estimate of drug-likeness (QED) is 0.473. The summed E-state index contributed by atoms with van der Waals surface area (Å²) in [6.07, 6.45) is 2.02. The van der Waals surface area contributed by atoms with Crippen molar-refractivity contribution in [2.24, 2.45) is 0 Å². The molecule has 108 valence electrons. The fourth-order valence-electron chi connectivity index (χ4n) is 1.83. The zero-order valence-corrected chi connectivity index (χ0v) is 13.3. The van der Waals surface area contributed by atoms with Gasteiger partial charge >= 0.3 is 0 Å². The number of aromatic nitrogens is 2. The van der Waals surface area contributed by atoms with Gasteiger partial charge in [-0.2, -0.15) is 0 Å². The van der Waals surface area contributed by atoms with E-state index in [-0.39, 0.29) is 0 Å². The predicted molar refractivity (Wildman–Crippen MR) is 83.7 cm³/mol. The molecule has 0 aliphatic rings. The van der Waals surface area contributed by atoms with Crippen molar-refractivity contribution in [2.75, 3.05) is 5.94 Å². The summed E-state index contributed by atoms with van der Waals surface area (Å²) in [6, 6.07) is 6.39. The summed E-state index contributed by atoms with van der Waals surface area (Å²) in [5.74, 6) is 2.76. The molecule has 0 fully saturated rings. The molecule has 0 spiro atoms. The topological polar surface area (TPSA) is 51.0 Å². The number of thioether (sulfide) groups is 1. The van der Waals surface area contributed by atoms with E-state index in [0.29, 0.717) is 22.4 Å². The van der Waals surface area contributed by atoms with Gasteiger partial charge in [0, 0.05) is 0 Å². The normalized spacial score (nSPS) is 10.7. The second kappa shape index (κ2) is 7.50. The van der Waals surface area contributed by atoms with E-state index < -0.39 is 0 Å². The Morgan fingerprint density at radius 2 is 2.20 bits per heavy atom. The average molecular weight is 310 g/mol. The van der Waals surface area contributed by atoms with Crippen LogP contribution >= 0.6 is 24.0 Å². The third kappa shape index (κ3) is 4.11. The van der Waals surface area contributed by atoms with Crippen molar-refractivity contribution in [3.05, 3.63) is 40.1 Å². The number of ether oxygens (including phenoxy) is 1. The molecular weight excluding hydrogens is 292 g/mol. The number of hydrogen-bond acceptors (Lipinski definition) is 5. The number of H-pyrrole nitrogens is 1.